The molecule has 0 bridgehead atoms. The van der Waals surface area contributed by atoms with Crippen LogP contribution in [0.15, 0.2) is 23.1 Å². The Morgan fingerprint density at radius 3 is 2.75 bits per heavy atom. The van der Waals surface area contributed by atoms with Gasteiger partial charge in [-0.2, -0.15) is 4.31 Å². The third-order valence-corrected chi connectivity index (χ3v) is 5.13. The summed E-state index contributed by atoms with van der Waals surface area (Å²) in [4.78, 5) is 11.5. The van der Waals surface area contributed by atoms with E-state index >= 15 is 0 Å². The van der Waals surface area contributed by atoms with Gasteiger partial charge in [0.2, 0.25) is 15.9 Å². The molecule has 6 nitrogen and oxygen atoms in total. The lowest BCUT2D eigenvalue weighted by molar-refractivity contribution is -0.120. The fourth-order valence-electron chi connectivity index (χ4n) is 2.11. The normalized spacial score (nSPS) is 17.4. The number of carbonyl (C=O) groups is 1. The van der Waals surface area contributed by atoms with E-state index in [0.717, 1.165) is 5.56 Å². The van der Waals surface area contributed by atoms with Gasteiger partial charge in [-0.3, -0.25) is 4.79 Å². The highest BCUT2D eigenvalue weighted by Crippen LogP contribution is 2.28. The van der Waals surface area contributed by atoms with Crippen molar-refractivity contribution in [1.82, 2.24) is 9.62 Å². The van der Waals surface area contributed by atoms with Gasteiger partial charge < -0.3 is 10.1 Å². The van der Waals surface area contributed by atoms with Gasteiger partial charge in [0.1, 0.15) is 10.6 Å². The summed E-state index contributed by atoms with van der Waals surface area (Å²) < 4.78 is 31.8. The molecule has 0 aromatic heterocycles. The number of carbonyl (C=O) groups excluding carboxylic acids is 1. The van der Waals surface area contributed by atoms with Crippen LogP contribution in [0.25, 0.3) is 0 Å². The van der Waals surface area contributed by atoms with E-state index in [-0.39, 0.29) is 30.3 Å². The van der Waals surface area contributed by atoms with Crippen molar-refractivity contribution >= 4 is 15.9 Å². The lowest BCUT2D eigenvalue weighted by Crippen LogP contribution is -2.34. The second-order valence-corrected chi connectivity index (χ2v) is 6.56. The van der Waals surface area contributed by atoms with Crippen LogP contribution in [-0.2, 0) is 14.8 Å². The number of rotatable bonds is 3. The van der Waals surface area contributed by atoms with E-state index in [1.165, 1.54) is 11.4 Å². The Bertz CT molecular complexity index is 613. The molecule has 1 heterocycles. The molecule has 1 N–H and O–H groups in total. The number of amides is 1. The lowest BCUT2D eigenvalue weighted by atomic mass is 10.2. The number of sulfonamides is 1. The Hall–Kier alpha value is -1.60. The summed E-state index contributed by atoms with van der Waals surface area (Å²) in [6.45, 7) is 2.61. The molecule has 0 unspecified atom stereocenters. The van der Waals surface area contributed by atoms with Gasteiger partial charge in [-0.05, 0) is 24.6 Å². The zero-order chi connectivity index (χ0) is 14.8. The van der Waals surface area contributed by atoms with Crippen molar-refractivity contribution in [3.8, 4) is 5.75 Å². The lowest BCUT2D eigenvalue weighted by Gasteiger charge is -2.20. The molecule has 0 atom stereocenters. The minimum atomic E-state index is -3.66. The summed E-state index contributed by atoms with van der Waals surface area (Å²) in [7, 11) is -2.22. The highest BCUT2D eigenvalue weighted by molar-refractivity contribution is 7.89. The SMILES string of the molecule is COc1ccc(C)cc1S(=O)(=O)N1CCNC(=O)CC1. The minimum Gasteiger partial charge on any atom is -0.495 e. The number of nitrogens with one attached hydrogen (secondary N) is 1. The number of methoxy groups -OCH3 is 1. The van der Waals surface area contributed by atoms with Crippen LogP contribution in [-0.4, -0.2) is 45.4 Å². The van der Waals surface area contributed by atoms with Crippen LogP contribution < -0.4 is 10.1 Å². The second kappa shape index (κ2) is 5.80. The maximum atomic E-state index is 12.7. The van der Waals surface area contributed by atoms with Gasteiger partial charge in [0.05, 0.1) is 7.11 Å². The standard InChI is InChI=1S/C13H18N2O4S/c1-10-3-4-11(19-2)12(9-10)20(17,18)15-7-5-13(16)14-6-8-15/h3-4,9H,5-8H2,1-2H3,(H,14,16). The molecule has 7 heteroatoms. The first-order chi connectivity index (χ1) is 9.45. The zero-order valence-electron chi connectivity index (χ0n) is 11.5. The van der Waals surface area contributed by atoms with Crippen LogP contribution in [0.3, 0.4) is 0 Å². The van der Waals surface area contributed by atoms with E-state index in [1.54, 1.807) is 18.2 Å². The second-order valence-electron chi connectivity index (χ2n) is 4.66. The van der Waals surface area contributed by atoms with Crippen molar-refractivity contribution < 1.29 is 17.9 Å². The molecular formula is C13H18N2O4S. The molecular weight excluding hydrogens is 280 g/mol. The molecule has 0 spiro atoms. The summed E-state index contributed by atoms with van der Waals surface area (Å²) in [5, 5.41) is 2.66. The molecule has 20 heavy (non-hydrogen) atoms. The van der Waals surface area contributed by atoms with Gasteiger partial charge >= 0.3 is 0 Å². The van der Waals surface area contributed by atoms with Crippen LogP contribution in [0.5, 0.6) is 5.75 Å². The first-order valence-corrected chi connectivity index (χ1v) is 7.80. The summed E-state index contributed by atoms with van der Waals surface area (Å²) in [5.41, 5.74) is 0.841. The minimum absolute atomic E-state index is 0.126. The maximum Gasteiger partial charge on any atom is 0.246 e. The quantitative estimate of drug-likeness (QED) is 0.882. The van der Waals surface area contributed by atoms with Crippen molar-refractivity contribution in [1.29, 1.82) is 0 Å². The van der Waals surface area contributed by atoms with Gasteiger partial charge in [-0.25, -0.2) is 8.42 Å². The van der Waals surface area contributed by atoms with Crippen LogP contribution in [0.2, 0.25) is 0 Å². The fourth-order valence-corrected chi connectivity index (χ4v) is 3.79. The summed E-state index contributed by atoms with van der Waals surface area (Å²) in [5.74, 6) is 0.193. The number of ether oxygens (including phenoxy) is 1. The van der Waals surface area contributed by atoms with Crippen LogP contribution in [0.4, 0.5) is 0 Å². The molecule has 0 saturated carbocycles. The van der Waals surface area contributed by atoms with Gasteiger partial charge in [-0.1, -0.05) is 6.07 Å². The van der Waals surface area contributed by atoms with Gasteiger partial charge in [0, 0.05) is 26.1 Å². The zero-order valence-corrected chi connectivity index (χ0v) is 12.4. The molecule has 0 aliphatic carbocycles. The monoisotopic (exact) mass is 298 g/mol. The van der Waals surface area contributed by atoms with E-state index in [1.807, 2.05) is 6.92 Å². The number of nitrogens with zero attached hydrogens (tertiary/aromatic N) is 1. The number of benzene rings is 1. The predicted molar refractivity (Wildman–Crippen MR) is 74.1 cm³/mol. The summed E-state index contributed by atoms with van der Waals surface area (Å²) in [6, 6.07) is 5.03. The third-order valence-electron chi connectivity index (χ3n) is 3.21. The first kappa shape index (κ1) is 14.8. The molecule has 1 aromatic carbocycles. The van der Waals surface area contributed by atoms with E-state index in [9.17, 15) is 13.2 Å². The molecule has 2 rings (SSSR count). The van der Waals surface area contributed by atoms with E-state index in [0.29, 0.717) is 12.3 Å². The highest BCUT2D eigenvalue weighted by Gasteiger charge is 2.29. The third kappa shape index (κ3) is 2.94. The molecule has 110 valence electrons. The van der Waals surface area contributed by atoms with Crippen LogP contribution >= 0.6 is 0 Å². The van der Waals surface area contributed by atoms with Crippen LogP contribution in [0, 0.1) is 6.92 Å². The van der Waals surface area contributed by atoms with Crippen molar-refractivity contribution in [3.05, 3.63) is 23.8 Å². The Morgan fingerprint density at radius 1 is 1.30 bits per heavy atom. The van der Waals surface area contributed by atoms with Gasteiger partial charge in [-0.15, -0.1) is 0 Å². The topological polar surface area (TPSA) is 75.7 Å². The largest absolute Gasteiger partial charge is 0.495 e. The molecule has 1 saturated heterocycles. The molecule has 0 radical (unpaired) electrons. The smallest absolute Gasteiger partial charge is 0.246 e. The van der Waals surface area contributed by atoms with E-state index in [2.05, 4.69) is 5.32 Å². The van der Waals surface area contributed by atoms with Gasteiger partial charge in [0.25, 0.3) is 0 Å². The van der Waals surface area contributed by atoms with Crippen molar-refractivity contribution in [2.75, 3.05) is 26.7 Å². The number of aryl methyl sites for hydroxylation is 1. The number of hydrogen-bond donors (Lipinski definition) is 1. The Kier molecular flexibility index (Phi) is 4.29. The Balaban J connectivity index is 2.39. The Labute approximate surface area is 118 Å². The van der Waals surface area contributed by atoms with Crippen molar-refractivity contribution in [2.24, 2.45) is 0 Å². The highest BCUT2D eigenvalue weighted by atomic mass is 32.2. The maximum absolute atomic E-state index is 12.7. The molecule has 1 fully saturated rings. The van der Waals surface area contributed by atoms with Crippen molar-refractivity contribution in [3.63, 3.8) is 0 Å². The summed E-state index contributed by atoms with van der Waals surface area (Å²) >= 11 is 0. The molecule has 1 aromatic rings. The van der Waals surface area contributed by atoms with Gasteiger partial charge in [0.15, 0.2) is 0 Å². The number of hydrogen-bond acceptors (Lipinski definition) is 4. The molecule has 1 amide bonds. The Morgan fingerprint density at radius 2 is 2.05 bits per heavy atom. The average Bonchev–Trinajstić information content (AvgIpc) is 2.64. The predicted octanol–water partition coefficient (Wildman–Crippen LogP) is 0.514. The molecule has 1 aliphatic heterocycles. The van der Waals surface area contributed by atoms with Crippen molar-refractivity contribution in [2.45, 2.75) is 18.2 Å². The average molecular weight is 298 g/mol. The first-order valence-electron chi connectivity index (χ1n) is 6.36. The van der Waals surface area contributed by atoms with Crippen LogP contribution in [0.1, 0.15) is 12.0 Å². The molecule has 1 aliphatic rings. The summed E-state index contributed by atoms with van der Waals surface area (Å²) in [6.07, 6.45) is 0.174. The fraction of sp³-hybridized carbons (Fsp3) is 0.462. The van der Waals surface area contributed by atoms with E-state index in [4.69, 9.17) is 4.74 Å². The van der Waals surface area contributed by atoms with E-state index < -0.39 is 10.0 Å².